The normalized spacial score (nSPS) is 15.0. The first kappa shape index (κ1) is 17.8. The number of hydrogen-bond donors (Lipinski definition) is 2. The van der Waals surface area contributed by atoms with Gasteiger partial charge in [0.1, 0.15) is 0 Å². The molecule has 0 aliphatic carbocycles. The van der Waals surface area contributed by atoms with Gasteiger partial charge in [-0.2, -0.15) is 4.31 Å². The van der Waals surface area contributed by atoms with Crippen LogP contribution in [0.4, 0.5) is 0 Å². The maximum absolute atomic E-state index is 13.2. The van der Waals surface area contributed by atoms with Gasteiger partial charge in [0.15, 0.2) is 0 Å². The largest absolute Gasteiger partial charge is 0.478 e. The zero-order chi connectivity index (χ0) is 19.3. The molecule has 0 atom stereocenters. The molecule has 140 valence electrons. The van der Waals surface area contributed by atoms with Gasteiger partial charge in [0.05, 0.1) is 10.5 Å². The van der Waals surface area contributed by atoms with Crippen molar-refractivity contribution in [1.29, 1.82) is 0 Å². The van der Waals surface area contributed by atoms with Crippen molar-refractivity contribution >= 4 is 26.9 Å². The molecule has 0 fully saturated rings. The summed E-state index contributed by atoms with van der Waals surface area (Å²) < 4.78 is 27.8. The average Bonchev–Trinajstić information content (AvgIpc) is 2.98. The first-order valence-electron chi connectivity index (χ1n) is 8.71. The van der Waals surface area contributed by atoms with Crippen molar-refractivity contribution in [1.82, 2.24) is 9.29 Å². The minimum atomic E-state index is -3.62. The summed E-state index contributed by atoms with van der Waals surface area (Å²) in [4.78, 5) is 14.9. The number of aromatic nitrogens is 1. The highest BCUT2D eigenvalue weighted by atomic mass is 32.2. The second-order valence-electron chi connectivity index (χ2n) is 7.01. The van der Waals surface area contributed by atoms with Gasteiger partial charge in [-0.3, -0.25) is 0 Å². The molecule has 1 aliphatic heterocycles. The monoisotopic (exact) mass is 384 g/mol. The van der Waals surface area contributed by atoms with Crippen LogP contribution in [0.1, 0.15) is 32.7 Å². The number of carbonyl (C=O) groups is 1. The summed E-state index contributed by atoms with van der Waals surface area (Å²) in [5.41, 5.74) is 4.60. The molecule has 6 nitrogen and oxygen atoms in total. The first-order valence-corrected chi connectivity index (χ1v) is 10.2. The van der Waals surface area contributed by atoms with Crippen LogP contribution in [0.3, 0.4) is 0 Å². The number of benzene rings is 2. The van der Waals surface area contributed by atoms with Gasteiger partial charge in [0.2, 0.25) is 10.0 Å². The lowest BCUT2D eigenvalue weighted by molar-refractivity contribution is 0.0697. The van der Waals surface area contributed by atoms with E-state index in [0.29, 0.717) is 17.9 Å². The Labute approximate surface area is 157 Å². The van der Waals surface area contributed by atoms with E-state index in [-0.39, 0.29) is 12.1 Å². The molecule has 0 amide bonds. The third-order valence-corrected chi connectivity index (χ3v) is 7.14. The summed E-state index contributed by atoms with van der Waals surface area (Å²) in [5.74, 6) is -0.998. The van der Waals surface area contributed by atoms with Crippen LogP contribution in [0.15, 0.2) is 41.3 Å². The van der Waals surface area contributed by atoms with E-state index in [0.717, 1.165) is 33.3 Å². The fourth-order valence-electron chi connectivity index (χ4n) is 3.76. The number of H-pyrrole nitrogens is 1. The molecule has 7 heteroatoms. The molecule has 0 saturated carbocycles. The molecule has 3 aromatic rings. The van der Waals surface area contributed by atoms with Gasteiger partial charge >= 0.3 is 5.97 Å². The maximum atomic E-state index is 13.2. The van der Waals surface area contributed by atoms with Crippen molar-refractivity contribution in [3.8, 4) is 0 Å². The SMILES string of the molecule is Cc1ccc(S(=O)(=O)N2CCc3[nH]c4ccc(C(=O)O)cc4c3C2)c(C)c1. The molecule has 0 saturated heterocycles. The molecule has 1 aliphatic rings. The molecular weight excluding hydrogens is 364 g/mol. The highest BCUT2D eigenvalue weighted by Crippen LogP contribution is 2.32. The molecule has 1 aromatic heterocycles. The van der Waals surface area contributed by atoms with Crippen LogP contribution < -0.4 is 0 Å². The molecule has 0 unspecified atom stereocenters. The summed E-state index contributed by atoms with van der Waals surface area (Å²) in [5, 5.41) is 10.0. The predicted molar refractivity (Wildman–Crippen MR) is 102 cm³/mol. The Balaban J connectivity index is 1.76. The number of fused-ring (bicyclic) bond motifs is 3. The smallest absolute Gasteiger partial charge is 0.335 e. The number of carboxylic acid groups (broad SMARTS) is 1. The molecule has 0 radical (unpaired) electrons. The van der Waals surface area contributed by atoms with E-state index >= 15 is 0 Å². The number of rotatable bonds is 3. The van der Waals surface area contributed by atoms with Crippen LogP contribution in [-0.2, 0) is 23.0 Å². The Morgan fingerprint density at radius 3 is 2.63 bits per heavy atom. The van der Waals surface area contributed by atoms with Crippen LogP contribution in [0, 0.1) is 13.8 Å². The quantitative estimate of drug-likeness (QED) is 0.725. The van der Waals surface area contributed by atoms with Gasteiger partial charge < -0.3 is 10.1 Å². The third kappa shape index (κ3) is 2.93. The summed E-state index contributed by atoms with van der Waals surface area (Å²) in [7, 11) is -3.62. The molecule has 4 rings (SSSR count). The minimum Gasteiger partial charge on any atom is -0.478 e. The number of nitrogens with one attached hydrogen (secondary N) is 1. The summed E-state index contributed by atoms with van der Waals surface area (Å²) in [6.07, 6.45) is 0.566. The molecule has 2 N–H and O–H groups in total. The topological polar surface area (TPSA) is 90.5 Å². The number of hydrogen-bond acceptors (Lipinski definition) is 3. The van der Waals surface area contributed by atoms with Gasteiger partial charge in [-0.1, -0.05) is 17.7 Å². The predicted octanol–water partition coefficient (Wildman–Crippen LogP) is 3.23. The van der Waals surface area contributed by atoms with Gasteiger partial charge in [0.25, 0.3) is 0 Å². The zero-order valence-corrected chi connectivity index (χ0v) is 15.9. The Bertz CT molecular complexity index is 1180. The van der Waals surface area contributed by atoms with Gasteiger partial charge in [-0.05, 0) is 49.2 Å². The Kier molecular flexibility index (Phi) is 4.09. The lowest BCUT2D eigenvalue weighted by Gasteiger charge is -2.27. The number of aromatic amines is 1. The maximum Gasteiger partial charge on any atom is 0.335 e. The van der Waals surface area contributed by atoms with Crippen molar-refractivity contribution < 1.29 is 18.3 Å². The van der Waals surface area contributed by atoms with Crippen LogP contribution in [0.2, 0.25) is 0 Å². The van der Waals surface area contributed by atoms with E-state index in [1.807, 2.05) is 13.0 Å². The average molecular weight is 384 g/mol. The lowest BCUT2D eigenvalue weighted by Crippen LogP contribution is -2.36. The molecular formula is C20H20N2O4S. The fourth-order valence-corrected chi connectivity index (χ4v) is 5.37. The molecule has 2 aromatic carbocycles. The van der Waals surface area contributed by atoms with Crippen molar-refractivity contribution in [2.45, 2.75) is 31.7 Å². The van der Waals surface area contributed by atoms with E-state index in [4.69, 9.17) is 0 Å². The second-order valence-corrected chi connectivity index (χ2v) is 8.91. The zero-order valence-electron chi connectivity index (χ0n) is 15.1. The Morgan fingerprint density at radius 1 is 1.15 bits per heavy atom. The number of nitrogens with zero attached hydrogens (tertiary/aromatic N) is 1. The highest BCUT2D eigenvalue weighted by molar-refractivity contribution is 7.89. The molecule has 2 heterocycles. The highest BCUT2D eigenvalue weighted by Gasteiger charge is 2.31. The Hall–Kier alpha value is -2.64. The lowest BCUT2D eigenvalue weighted by atomic mass is 10.0. The van der Waals surface area contributed by atoms with E-state index < -0.39 is 16.0 Å². The second kappa shape index (κ2) is 6.21. The van der Waals surface area contributed by atoms with Crippen LogP contribution in [-0.4, -0.2) is 35.3 Å². The summed E-state index contributed by atoms with van der Waals surface area (Å²) >= 11 is 0. The third-order valence-electron chi connectivity index (χ3n) is 5.14. The Morgan fingerprint density at radius 2 is 1.93 bits per heavy atom. The summed E-state index contributed by atoms with van der Waals surface area (Å²) in [6, 6.07) is 10.2. The molecule has 0 bridgehead atoms. The van der Waals surface area contributed by atoms with Crippen molar-refractivity contribution in [2.75, 3.05) is 6.54 Å². The number of carboxylic acids is 1. The van der Waals surface area contributed by atoms with E-state index in [2.05, 4.69) is 4.98 Å². The van der Waals surface area contributed by atoms with Gasteiger partial charge in [0, 0.05) is 36.1 Å². The van der Waals surface area contributed by atoms with Crippen LogP contribution >= 0.6 is 0 Å². The van der Waals surface area contributed by atoms with Crippen molar-refractivity contribution in [3.05, 3.63) is 64.3 Å². The van der Waals surface area contributed by atoms with Crippen LogP contribution in [0.25, 0.3) is 10.9 Å². The van der Waals surface area contributed by atoms with E-state index in [1.165, 1.54) is 4.31 Å². The van der Waals surface area contributed by atoms with E-state index in [9.17, 15) is 18.3 Å². The molecule has 27 heavy (non-hydrogen) atoms. The van der Waals surface area contributed by atoms with Crippen LogP contribution in [0.5, 0.6) is 0 Å². The number of sulfonamides is 1. The standard InChI is InChI=1S/C20H20N2O4S/c1-12-3-6-19(13(2)9-12)27(25,26)22-8-7-18-16(11-22)15-10-14(20(23)24)4-5-17(15)21-18/h3-6,9-10,21H,7-8,11H2,1-2H3,(H,23,24). The van der Waals surface area contributed by atoms with Gasteiger partial charge in [-0.15, -0.1) is 0 Å². The van der Waals surface area contributed by atoms with E-state index in [1.54, 1.807) is 37.3 Å². The first-order chi connectivity index (χ1) is 12.8. The molecule has 0 spiro atoms. The minimum absolute atomic E-state index is 0.193. The van der Waals surface area contributed by atoms with Crippen molar-refractivity contribution in [3.63, 3.8) is 0 Å². The van der Waals surface area contributed by atoms with Gasteiger partial charge in [-0.25, -0.2) is 13.2 Å². The summed E-state index contributed by atoms with van der Waals surface area (Å²) in [6.45, 7) is 4.36. The van der Waals surface area contributed by atoms with Crippen molar-refractivity contribution in [2.24, 2.45) is 0 Å². The number of aryl methyl sites for hydroxylation is 2. The fraction of sp³-hybridized carbons (Fsp3) is 0.250. The number of aromatic carboxylic acids is 1.